The van der Waals surface area contributed by atoms with Crippen molar-refractivity contribution in [1.29, 1.82) is 0 Å². The molecule has 1 saturated heterocycles. The Balaban J connectivity index is 2.07. The smallest absolute Gasteiger partial charge is 0.128 e. The van der Waals surface area contributed by atoms with E-state index in [0.29, 0.717) is 6.61 Å². The maximum atomic E-state index is 6.10. The molecule has 4 heteroatoms. The topological polar surface area (TPSA) is 43.4 Å². The van der Waals surface area contributed by atoms with E-state index in [4.69, 9.17) is 9.47 Å². The highest BCUT2D eigenvalue weighted by molar-refractivity contribution is 5.40. The summed E-state index contributed by atoms with van der Waals surface area (Å²) in [5.41, 5.74) is 3.03. The molecule has 1 N–H and O–H groups in total. The number of hydrogen-bond acceptors (Lipinski definition) is 4. The number of nitrogens with one attached hydrogen (secondary N) is 1. The lowest BCUT2D eigenvalue weighted by molar-refractivity contribution is -0.0585. The molecule has 106 valence electrons. The van der Waals surface area contributed by atoms with Crippen LogP contribution in [0.1, 0.15) is 36.6 Å². The fourth-order valence-corrected chi connectivity index (χ4v) is 2.61. The Morgan fingerprint density at radius 3 is 2.84 bits per heavy atom. The molecule has 0 aromatic carbocycles. The summed E-state index contributed by atoms with van der Waals surface area (Å²) in [6.07, 6.45) is 4.12. The van der Waals surface area contributed by atoms with Crippen molar-refractivity contribution >= 4 is 0 Å². The molecule has 0 amide bonds. The van der Waals surface area contributed by atoms with Gasteiger partial charge in [-0.2, -0.15) is 0 Å². The summed E-state index contributed by atoms with van der Waals surface area (Å²) in [7, 11) is 1.70. The number of nitrogens with zero attached hydrogens (tertiary/aromatic N) is 1. The maximum Gasteiger partial charge on any atom is 0.128 e. The van der Waals surface area contributed by atoms with Gasteiger partial charge in [0.25, 0.3) is 0 Å². The van der Waals surface area contributed by atoms with Gasteiger partial charge in [-0.25, -0.2) is 0 Å². The normalized spacial score (nSPS) is 23.4. The molecule has 0 saturated carbocycles. The summed E-state index contributed by atoms with van der Waals surface area (Å²) in [6.45, 7) is 8.76. The molecule has 0 spiro atoms. The Labute approximate surface area is 115 Å². The minimum Gasteiger partial charge on any atom is -0.496 e. The van der Waals surface area contributed by atoms with Crippen molar-refractivity contribution in [2.45, 2.75) is 45.8 Å². The van der Waals surface area contributed by atoms with Crippen LogP contribution in [0.5, 0.6) is 5.75 Å². The third kappa shape index (κ3) is 3.25. The summed E-state index contributed by atoms with van der Waals surface area (Å²) in [5.74, 6) is 0.917. The molecule has 4 nitrogen and oxygen atoms in total. The van der Waals surface area contributed by atoms with Gasteiger partial charge >= 0.3 is 0 Å². The molecule has 1 aromatic heterocycles. The zero-order valence-electron chi connectivity index (χ0n) is 12.4. The number of methoxy groups -OCH3 is 1. The SMILES string of the molecule is COc1c(C)cnc(COC2(C)CCCNC2)c1C. The first-order valence-electron chi connectivity index (χ1n) is 6.89. The monoisotopic (exact) mass is 264 g/mol. The van der Waals surface area contributed by atoms with Gasteiger partial charge in [-0.1, -0.05) is 0 Å². The van der Waals surface area contributed by atoms with Crippen LogP contribution in [0.2, 0.25) is 0 Å². The highest BCUT2D eigenvalue weighted by atomic mass is 16.5. The predicted molar refractivity (Wildman–Crippen MR) is 75.6 cm³/mol. The number of pyridine rings is 1. The maximum absolute atomic E-state index is 6.10. The summed E-state index contributed by atoms with van der Waals surface area (Å²) in [4.78, 5) is 4.48. The van der Waals surface area contributed by atoms with Crippen molar-refractivity contribution in [1.82, 2.24) is 10.3 Å². The van der Waals surface area contributed by atoms with Gasteiger partial charge in [0.1, 0.15) is 5.75 Å². The molecule has 1 atom stereocenters. The lowest BCUT2D eigenvalue weighted by atomic mass is 9.96. The van der Waals surface area contributed by atoms with Crippen LogP contribution in [0.25, 0.3) is 0 Å². The molecule has 1 unspecified atom stereocenters. The van der Waals surface area contributed by atoms with Crippen LogP contribution in [0.3, 0.4) is 0 Å². The molecular weight excluding hydrogens is 240 g/mol. The van der Waals surface area contributed by atoms with Crippen LogP contribution in [-0.2, 0) is 11.3 Å². The largest absolute Gasteiger partial charge is 0.496 e. The van der Waals surface area contributed by atoms with E-state index in [1.165, 1.54) is 6.42 Å². The minimum absolute atomic E-state index is 0.0789. The molecule has 1 aliphatic rings. The van der Waals surface area contributed by atoms with E-state index in [1.54, 1.807) is 7.11 Å². The summed E-state index contributed by atoms with van der Waals surface area (Å²) in [6, 6.07) is 0. The molecule has 0 aliphatic carbocycles. The van der Waals surface area contributed by atoms with Crippen LogP contribution in [-0.4, -0.2) is 30.8 Å². The van der Waals surface area contributed by atoms with Crippen LogP contribution in [0, 0.1) is 13.8 Å². The second kappa shape index (κ2) is 5.88. The number of ether oxygens (including phenoxy) is 2. The molecule has 0 bridgehead atoms. The fourth-order valence-electron chi connectivity index (χ4n) is 2.61. The van der Waals surface area contributed by atoms with Crippen LogP contribution in [0.4, 0.5) is 0 Å². The number of aromatic nitrogens is 1. The average Bonchev–Trinajstić information content (AvgIpc) is 2.39. The molecule has 1 fully saturated rings. The van der Waals surface area contributed by atoms with Gasteiger partial charge in [-0.05, 0) is 40.2 Å². The second-order valence-corrected chi connectivity index (χ2v) is 5.57. The molecule has 1 aromatic rings. The molecule has 1 aliphatic heterocycles. The van der Waals surface area contributed by atoms with Gasteiger partial charge < -0.3 is 14.8 Å². The van der Waals surface area contributed by atoms with E-state index in [0.717, 1.165) is 42.1 Å². The van der Waals surface area contributed by atoms with Crippen molar-refractivity contribution < 1.29 is 9.47 Å². The standard InChI is InChI=1S/C15H24N2O2/c1-11-8-17-13(12(2)14(11)18-4)9-19-15(3)6-5-7-16-10-15/h8,16H,5-7,9-10H2,1-4H3. The fraction of sp³-hybridized carbons (Fsp3) is 0.667. The molecule has 2 heterocycles. The average molecular weight is 264 g/mol. The van der Waals surface area contributed by atoms with Crippen LogP contribution in [0.15, 0.2) is 6.20 Å². The third-order valence-electron chi connectivity index (χ3n) is 3.87. The molecular formula is C15H24N2O2. The van der Waals surface area contributed by atoms with Crippen molar-refractivity contribution in [3.05, 3.63) is 23.0 Å². The lowest BCUT2D eigenvalue weighted by Crippen LogP contribution is -2.45. The summed E-state index contributed by atoms with van der Waals surface area (Å²) < 4.78 is 11.5. The Morgan fingerprint density at radius 1 is 1.42 bits per heavy atom. The zero-order chi connectivity index (χ0) is 13.9. The first-order valence-corrected chi connectivity index (χ1v) is 6.89. The molecule has 0 radical (unpaired) electrons. The van der Waals surface area contributed by atoms with Gasteiger partial charge in [0.2, 0.25) is 0 Å². The number of rotatable bonds is 4. The van der Waals surface area contributed by atoms with Crippen molar-refractivity contribution in [3.8, 4) is 5.75 Å². The van der Waals surface area contributed by atoms with Gasteiger partial charge in [0.15, 0.2) is 0 Å². The summed E-state index contributed by atoms with van der Waals surface area (Å²) >= 11 is 0. The van der Waals surface area contributed by atoms with E-state index in [-0.39, 0.29) is 5.60 Å². The van der Waals surface area contributed by atoms with Crippen LogP contribution < -0.4 is 10.1 Å². The summed E-state index contributed by atoms with van der Waals surface area (Å²) in [5, 5.41) is 3.39. The van der Waals surface area contributed by atoms with Gasteiger partial charge in [-0.15, -0.1) is 0 Å². The van der Waals surface area contributed by atoms with Gasteiger partial charge in [-0.3, -0.25) is 4.98 Å². The number of piperidine rings is 1. The highest BCUT2D eigenvalue weighted by Gasteiger charge is 2.27. The highest BCUT2D eigenvalue weighted by Crippen LogP contribution is 2.27. The van der Waals surface area contributed by atoms with E-state index < -0.39 is 0 Å². The minimum atomic E-state index is -0.0789. The van der Waals surface area contributed by atoms with Crippen LogP contribution >= 0.6 is 0 Å². The third-order valence-corrected chi connectivity index (χ3v) is 3.87. The first-order chi connectivity index (χ1) is 9.06. The Kier molecular flexibility index (Phi) is 4.42. The van der Waals surface area contributed by atoms with E-state index in [9.17, 15) is 0 Å². The van der Waals surface area contributed by atoms with Crippen molar-refractivity contribution in [2.75, 3.05) is 20.2 Å². The Morgan fingerprint density at radius 2 is 2.21 bits per heavy atom. The number of aryl methyl sites for hydroxylation is 1. The molecule has 2 rings (SSSR count). The zero-order valence-corrected chi connectivity index (χ0v) is 12.4. The van der Waals surface area contributed by atoms with E-state index >= 15 is 0 Å². The van der Waals surface area contributed by atoms with Crippen molar-refractivity contribution in [2.24, 2.45) is 0 Å². The van der Waals surface area contributed by atoms with Gasteiger partial charge in [0.05, 0.1) is 25.0 Å². The molecule has 19 heavy (non-hydrogen) atoms. The van der Waals surface area contributed by atoms with Crippen molar-refractivity contribution in [3.63, 3.8) is 0 Å². The number of hydrogen-bond donors (Lipinski definition) is 1. The second-order valence-electron chi connectivity index (χ2n) is 5.57. The van der Waals surface area contributed by atoms with E-state index in [2.05, 4.69) is 17.2 Å². The van der Waals surface area contributed by atoms with E-state index in [1.807, 2.05) is 20.0 Å². The Bertz CT molecular complexity index is 440. The van der Waals surface area contributed by atoms with Gasteiger partial charge in [0, 0.05) is 23.9 Å². The Hall–Kier alpha value is -1.13. The lowest BCUT2D eigenvalue weighted by Gasteiger charge is -2.34. The predicted octanol–water partition coefficient (Wildman–Crippen LogP) is 2.37. The first kappa shape index (κ1) is 14.3. The quantitative estimate of drug-likeness (QED) is 0.906.